The molecule has 4 amide bonds. The lowest BCUT2D eigenvalue weighted by Crippen LogP contribution is -2.56. The second-order valence-corrected chi connectivity index (χ2v) is 14.4. The third kappa shape index (κ3) is 8.75. The molecule has 0 aliphatic carbocycles. The van der Waals surface area contributed by atoms with Crippen molar-refractivity contribution in [2.24, 2.45) is 0 Å². The number of ether oxygens (including phenoxy) is 2. The number of hydrogen-bond acceptors (Lipinski definition) is 8. The highest BCUT2D eigenvalue weighted by atomic mass is 16.6. The highest BCUT2D eigenvalue weighted by Crippen LogP contribution is 2.28. The quantitative estimate of drug-likeness (QED) is 0.402. The maximum absolute atomic E-state index is 14.1. The molecule has 0 spiro atoms. The summed E-state index contributed by atoms with van der Waals surface area (Å²) in [5.41, 5.74) is 4.78. The van der Waals surface area contributed by atoms with Crippen LogP contribution in [0.1, 0.15) is 47.9 Å². The Morgan fingerprint density at radius 2 is 1.51 bits per heavy atom. The van der Waals surface area contributed by atoms with Crippen LogP contribution in [0.4, 0.5) is 15.3 Å². The number of rotatable bonds is 9. The number of aliphatic carboxylic acids is 1. The highest BCUT2D eigenvalue weighted by Gasteiger charge is 2.36. The van der Waals surface area contributed by atoms with Gasteiger partial charge in [-0.3, -0.25) is 19.4 Å². The van der Waals surface area contributed by atoms with Crippen LogP contribution in [0.15, 0.2) is 36.4 Å². The van der Waals surface area contributed by atoms with Crippen molar-refractivity contribution < 1.29 is 33.8 Å². The zero-order valence-corrected chi connectivity index (χ0v) is 30.1. The summed E-state index contributed by atoms with van der Waals surface area (Å²) in [6, 6.07) is 12.1. The van der Waals surface area contributed by atoms with Gasteiger partial charge in [-0.25, -0.2) is 9.59 Å². The third-order valence-electron chi connectivity index (χ3n) is 11.0. The normalized spacial score (nSPS) is 20.3. The molecule has 276 valence electrons. The Bertz CT molecular complexity index is 1560. The fourth-order valence-electron chi connectivity index (χ4n) is 8.31. The molecule has 0 unspecified atom stereocenters. The molecule has 6 rings (SSSR count). The lowest BCUT2D eigenvalue weighted by molar-refractivity contribution is -0.143. The number of likely N-dealkylation sites (tertiary alicyclic amines) is 2. The monoisotopic (exact) mass is 704 g/mol. The molecule has 2 aromatic carbocycles. The van der Waals surface area contributed by atoms with Gasteiger partial charge in [0.1, 0.15) is 5.75 Å². The summed E-state index contributed by atoms with van der Waals surface area (Å²) in [5.74, 6) is -0.191. The Hall–Kier alpha value is -4.36. The minimum atomic E-state index is -0.983. The van der Waals surface area contributed by atoms with Gasteiger partial charge in [0.25, 0.3) is 5.91 Å². The van der Waals surface area contributed by atoms with Crippen molar-refractivity contribution in [1.82, 2.24) is 24.5 Å². The lowest BCUT2D eigenvalue weighted by atomic mass is 10.00. The number of methoxy groups -OCH3 is 1. The molecule has 1 atom stereocenters. The number of anilines is 1. The standard InChI is InChI=1S/C38H52N6O7/c1-26-22-28(23-27(2)35(26)50-3)24-33(36(47)42-20-18-41(19-21-42)30-9-13-40(14-10-30)25-34(45)46)51-38(49)43-15-11-31(12-16-43)44-17-8-29-6-4-5-7-32(29)39-37(44)48/h4-7,22-23,30-31,33H,8-21,24-25H2,1-3H3,(H,39,48)(H,45,46)/t33-/m1/s1. The van der Waals surface area contributed by atoms with Gasteiger partial charge in [-0.15, -0.1) is 0 Å². The van der Waals surface area contributed by atoms with Crippen molar-refractivity contribution in [3.8, 4) is 5.75 Å². The highest BCUT2D eigenvalue weighted by molar-refractivity contribution is 5.91. The van der Waals surface area contributed by atoms with Gasteiger partial charge < -0.3 is 34.6 Å². The van der Waals surface area contributed by atoms with E-state index in [1.54, 1.807) is 12.0 Å². The maximum Gasteiger partial charge on any atom is 0.410 e. The van der Waals surface area contributed by atoms with Crippen LogP contribution in [-0.2, 0) is 27.2 Å². The average molecular weight is 705 g/mol. The fourth-order valence-corrected chi connectivity index (χ4v) is 8.31. The van der Waals surface area contributed by atoms with E-state index in [9.17, 15) is 19.2 Å². The molecule has 2 N–H and O–H groups in total. The van der Waals surface area contributed by atoms with E-state index in [4.69, 9.17) is 14.6 Å². The van der Waals surface area contributed by atoms with Crippen molar-refractivity contribution >= 4 is 29.7 Å². The second kappa shape index (κ2) is 16.3. The number of carboxylic acid groups (broad SMARTS) is 1. The van der Waals surface area contributed by atoms with Crippen molar-refractivity contribution in [3.05, 3.63) is 58.7 Å². The smallest absolute Gasteiger partial charge is 0.410 e. The Kier molecular flexibility index (Phi) is 11.7. The number of fused-ring (bicyclic) bond motifs is 1. The number of hydrogen-bond donors (Lipinski definition) is 2. The first-order valence-corrected chi connectivity index (χ1v) is 18.3. The largest absolute Gasteiger partial charge is 0.496 e. The first-order chi connectivity index (χ1) is 24.6. The number of carbonyl (C=O) groups is 4. The SMILES string of the molecule is COc1c(C)cc(C[C@@H](OC(=O)N2CCC(N3CCc4ccccc4NC3=O)CC2)C(=O)N2CCN(C3CCN(CC(=O)O)CC3)CC2)cc1C. The van der Waals surface area contributed by atoms with E-state index in [1.807, 2.05) is 64.9 Å². The average Bonchev–Trinajstić information content (AvgIpc) is 3.29. The van der Waals surface area contributed by atoms with Crippen LogP contribution >= 0.6 is 0 Å². The van der Waals surface area contributed by atoms with Crippen LogP contribution in [-0.4, -0.2) is 144 Å². The molecule has 0 radical (unpaired) electrons. The zero-order valence-electron chi connectivity index (χ0n) is 30.1. The van der Waals surface area contributed by atoms with E-state index in [-0.39, 0.29) is 30.9 Å². The zero-order chi connectivity index (χ0) is 36.1. The number of nitrogens with one attached hydrogen (secondary N) is 1. The van der Waals surface area contributed by atoms with Crippen LogP contribution in [0.2, 0.25) is 0 Å². The summed E-state index contributed by atoms with van der Waals surface area (Å²) >= 11 is 0. The van der Waals surface area contributed by atoms with Crippen LogP contribution in [0.5, 0.6) is 5.75 Å². The van der Waals surface area contributed by atoms with Crippen molar-refractivity contribution in [3.63, 3.8) is 0 Å². The van der Waals surface area contributed by atoms with Crippen molar-refractivity contribution in [2.75, 3.05) is 77.9 Å². The second-order valence-electron chi connectivity index (χ2n) is 14.4. The van der Waals surface area contributed by atoms with Gasteiger partial charge >= 0.3 is 18.1 Å². The topological polar surface area (TPSA) is 135 Å². The minimum Gasteiger partial charge on any atom is -0.496 e. The van der Waals surface area contributed by atoms with Crippen molar-refractivity contribution in [1.29, 1.82) is 0 Å². The summed E-state index contributed by atoms with van der Waals surface area (Å²) in [7, 11) is 1.64. The number of carboxylic acids is 1. The maximum atomic E-state index is 14.1. The van der Waals surface area contributed by atoms with Crippen molar-refractivity contribution in [2.45, 2.75) is 70.6 Å². The van der Waals surface area contributed by atoms with E-state index in [0.29, 0.717) is 51.6 Å². The van der Waals surface area contributed by atoms with Crippen LogP contribution in [0, 0.1) is 13.8 Å². The molecule has 13 nitrogen and oxygen atoms in total. The molecule has 0 aromatic heterocycles. The molecule has 4 heterocycles. The Morgan fingerprint density at radius 1 is 0.863 bits per heavy atom. The Labute approximate surface area is 300 Å². The molecule has 4 aliphatic heterocycles. The number of benzene rings is 2. The fraction of sp³-hybridized carbons (Fsp3) is 0.579. The van der Waals surface area contributed by atoms with E-state index in [0.717, 1.165) is 79.1 Å². The number of carbonyl (C=O) groups excluding carboxylic acids is 3. The number of para-hydroxylation sites is 1. The van der Waals surface area contributed by atoms with Crippen LogP contribution < -0.4 is 10.1 Å². The number of piperazine rings is 1. The Morgan fingerprint density at radius 3 is 2.16 bits per heavy atom. The molecule has 2 aromatic rings. The van der Waals surface area contributed by atoms with Crippen LogP contribution in [0.25, 0.3) is 0 Å². The molecular weight excluding hydrogens is 652 g/mol. The van der Waals surface area contributed by atoms with E-state index < -0.39 is 18.2 Å². The summed E-state index contributed by atoms with van der Waals surface area (Å²) in [6.45, 7) is 9.53. The molecule has 4 aliphatic rings. The minimum absolute atomic E-state index is 0.00624. The molecule has 3 saturated heterocycles. The molecule has 0 bridgehead atoms. The summed E-state index contributed by atoms with van der Waals surface area (Å²) < 4.78 is 11.7. The third-order valence-corrected chi connectivity index (χ3v) is 11.0. The van der Waals surface area contributed by atoms with E-state index >= 15 is 0 Å². The summed E-state index contributed by atoms with van der Waals surface area (Å²) in [4.78, 5) is 61.8. The summed E-state index contributed by atoms with van der Waals surface area (Å²) in [6.07, 6.45) is 2.61. The predicted molar refractivity (Wildman–Crippen MR) is 192 cm³/mol. The Balaban J connectivity index is 1.07. The first-order valence-electron chi connectivity index (χ1n) is 18.3. The number of amides is 4. The number of piperidine rings is 2. The molecule has 3 fully saturated rings. The number of aryl methyl sites for hydroxylation is 2. The van der Waals surface area contributed by atoms with Crippen LogP contribution in [0.3, 0.4) is 0 Å². The lowest BCUT2D eigenvalue weighted by Gasteiger charge is -2.43. The van der Waals surface area contributed by atoms with Gasteiger partial charge in [0, 0.05) is 83.1 Å². The van der Waals surface area contributed by atoms with Gasteiger partial charge in [0.2, 0.25) is 0 Å². The molecule has 0 saturated carbocycles. The summed E-state index contributed by atoms with van der Waals surface area (Å²) in [5, 5.41) is 12.2. The van der Waals surface area contributed by atoms with Gasteiger partial charge in [0.15, 0.2) is 6.10 Å². The van der Waals surface area contributed by atoms with Gasteiger partial charge in [-0.2, -0.15) is 0 Å². The molecule has 51 heavy (non-hydrogen) atoms. The first kappa shape index (κ1) is 36.4. The van der Waals surface area contributed by atoms with E-state index in [1.165, 1.54) is 0 Å². The number of nitrogens with zero attached hydrogens (tertiary/aromatic N) is 5. The molecule has 13 heteroatoms. The van der Waals surface area contributed by atoms with Gasteiger partial charge in [-0.05, 0) is 74.3 Å². The van der Waals surface area contributed by atoms with E-state index in [2.05, 4.69) is 10.2 Å². The molecular formula is C38H52N6O7. The van der Waals surface area contributed by atoms with Gasteiger partial charge in [0.05, 0.1) is 13.7 Å². The number of urea groups is 1. The predicted octanol–water partition coefficient (Wildman–Crippen LogP) is 3.61. The van der Waals surface area contributed by atoms with Gasteiger partial charge in [-0.1, -0.05) is 30.3 Å².